The molecule has 2 fully saturated rings. The summed E-state index contributed by atoms with van der Waals surface area (Å²) in [6, 6.07) is 10.4. The molecular formula is C21H24N2O3. The van der Waals surface area contributed by atoms with Gasteiger partial charge in [-0.1, -0.05) is 19.3 Å². The number of nitrogens with one attached hydrogen (secondary N) is 1. The number of carbonyl (C=O) groups excluding carboxylic acids is 2. The molecule has 1 aliphatic heterocycles. The van der Waals surface area contributed by atoms with Crippen molar-refractivity contribution >= 4 is 17.5 Å². The number of fused-ring (bicyclic) bond motifs is 1. The van der Waals surface area contributed by atoms with Crippen molar-refractivity contribution in [2.75, 3.05) is 18.4 Å². The molecular weight excluding hydrogens is 328 g/mol. The van der Waals surface area contributed by atoms with Crippen LogP contribution in [0.25, 0.3) is 0 Å². The monoisotopic (exact) mass is 352 g/mol. The van der Waals surface area contributed by atoms with Gasteiger partial charge in [-0.3, -0.25) is 9.59 Å². The maximum Gasteiger partial charge on any atom is 0.291 e. The Morgan fingerprint density at radius 1 is 1.00 bits per heavy atom. The zero-order chi connectivity index (χ0) is 17.9. The molecule has 2 aromatic rings. The molecule has 2 atom stereocenters. The van der Waals surface area contributed by atoms with Crippen LogP contribution in [0.5, 0.6) is 0 Å². The Hall–Kier alpha value is -2.56. The van der Waals surface area contributed by atoms with Crippen molar-refractivity contribution in [1.29, 1.82) is 0 Å². The Kier molecular flexibility index (Phi) is 4.78. The molecule has 5 nitrogen and oxygen atoms in total. The van der Waals surface area contributed by atoms with Gasteiger partial charge in [0.05, 0.1) is 6.26 Å². The summed E-state index contributed by atoms with van der Waals surface area (Å²) < 4.78 is 5.08. The van der Waals surface area contributed by atoms with Crippen LogP contribution < -0.4 is 5.32 Å². The fourth-order valence-electron chi connectivity index (χ4n) is 4.26. The van der Waals surface area contributed by atoms with Crippen LogP contribution in [0.15, 0.2) is 47.1 Å². The van der Waals surface area contributed by atoms with Gasteiger partial charge in [-0.15, -0.1) is 0 Å². The Morgan fingerprint density at radius 3 is 2.50 bits per heavy atom. The van der Waals surface area contributed by atoms with Gasteiger partial charge in [0.1, 0.15) is 0 Å². The number of likely N-dealkylation sites (tertiary alicyclic amines) is 1. The zero-order valence-corrected chi connectivity index (χ0v) is 14.8. The molecule has 4 rings (SSSR count). The molecule has 5 heteroatoms. The Balaban J connectivity index is 1.38. The summed E-state index contributed by atoms with van der Waals surface area (Å²) >= 11 is 0. The number of rotatable bonds is 3. The van der Waals surface area contributed by atoms with Crippen molar-refractivity contribution in [3.63, 3.8) is 0 Å². The van der Waals surface area contributed by atoms with Crippen LogP contribution in [-0.4, -0.2) is 29.8 Å². The Bertz CT molecular complexity index is 767. The quantitative estimate of drug-likeness (QED) is 0.901. The van der Waals surface area contributed by atoms with Crippen LogP contribution in [0.1, 0.15) is 53.0 Å². The SMILES string of the molecule is O=C(Nc1ccc(C(=O)N2CC[C@H]3CCCC[C@H]3C2)cc1)c1ccco1. The van der Waals surface area contributed by atoms with E-state index in [2.05, 4.69) is 5.32 Å². The third-order valence-electron chi connectivity index (χ3n) is 5.71. The van der Waals surface area contributed by atoms with E-state index >= 15 is 0 Å². The molecule has 2 heterocycles. The lowest BCUT2D eigenvalue weighted by Gasteiger charge is -2.41. The molecule has 1 aliphatic carbocycles. The summed E-state index contributed by atoms with van der Waals surface area (Å²) in [5.74, 6) is 1.55. The molecule has 0 unspecified atom stereocenters. The van der Waals surface area contributed by atoms with Crippen LogP contribution in [0.2, 0.25) is 0 Å². The molecule has 1 aromatic heterocycles. The molecule has 2 aliphatic rings. The van der Waals surface area contributed by atoms with E-state index < -0.39 is 0 Å². The lowest BCUT2D eigenvalue weighted by atomic mass is 9.75. The van der Waals surface area contributed by atoms with E-state index in [1.807, 2.05) is 4.90 Å². The highest BCUT2D eigenvalue weighted by Crippen LogP contribution is 2.36. The minimum atomic E-state index is -0.298. The second-order valence-electron chi connectivity index (χ2n) is 7.35. The summed E-state index contributed by atoms with van der Waals surface area (Å²) in [5, 5.41) is 2.77. The molecule has 0 radical (unpaired) electrons. The van der Waals surface area contributed by atoms with Crippen molar-refractivity contribution in [2.45, 2.75) is 32.1 Å². The molecule has 1 N–H and O–H groups in total. The Labute approximate surface area is 153 Å². The van der Waals surface area contributed by atoms with Crippen molar-refractivity contribution in [2.24, 2.45) is 11.8 Å². The zero-order valence-electron chi connectivity index (χ0n) is 14.8. The first kappa shape index (κ1) is 16.9. The summed E-state index contributed by atoms with van der Waals surface area (Å²) in [4.78, 5) is 26.8. The van der Waals surface area contributed by atoms with Gasteiger partial charge in [-0.25, -0.2) is 0 Å². The second kappa shape index (κ2) is 7.36. The number of hydrogen-bond donors (Lipinski definition) is 1. The first-order valence-electron chi connectivity index (χ1n) is 9.45. The summed E-state index contributed by atoms with van der Waals surface area (Å²) in [7, 11) is 0. The number of furan rings is 1. The van der Waals surface area contributed by atoms with Gasteiger partial charge in [0.2, 0.25) is 0 Å². The van der Waals surface area contributed by atoms with E-state index in [-0.39, 0.29) is 17.6 Å². The van der Waals surface area contributed by atoms with Gasteiger partial charge < -0.3 is 14.6 Å². The molecule has 0 spiro atoms. The first-order valence-corrected chi connectivity index (χ1v) is 9.45. The number of amides is 2. The topological polar surface area (TPSA) is 62.6 Å². The standard InChI is InChI=1S/C21H24N2O3/c24-20(19-6-3-13-26-19)22-18-9-7-16(8-10-18)21(25)23-12-11-15-4-1-2-5-17(15)14-23/h3,6-10,13,15,17H,1-2,4-5,11-12,14H2,(H,22,24)/t15-,17+/m1/s1. The number of anilines is 1. The fraction of sp³-hybridized carbons (Fsp3) is 0.429. The molecule has 1 saturated heterocycles. The predicted octanol–water partition coefficient (Wildman–Crippen LogP) is 4.18. The van der Waals surface area contributed by atoms with Gasteiger partial charge in [0.15, 0.2) is 5.76 Å². The van der Waals surface area contributed by atoms with Gasteiger partial charge >= 0.3 is 0 Å². The molecule has 1 saturated carbocycles. The van der Waals surface area contributed by atoms with Crippen molar-refractivity contribution < 1.29 is 14.0 Å². The first-order chi connectivity index (χ1) is 12.7. The van der Waals surface area contributed by atoms with Crippen LogP contribution >= 0.6 is 0 Å². The van der Waals surface area contributed by atoms with Crippen molar-refractivity contribution in [1.82, 2.24) is 4.90 Å². The fourth-order valence-corrected chi connectivity index (χ4v) is 4.26. The number of hydrogen-bond acceptors (Lipinski definition) is 3. The Morgan fingerprint density at radius 2 is 1.77 bits per heavy atom. The maximum atomic E-state index is 12.8. The summed E-state index contributed by atoms with van der Waals surface area (Å²) in [6.45, 7) is 1.75. The minimum absolute atomic E-state index is 0.0953. The largest absolute Gasteiger partial charge is 0.459 e. The number of piperidine rings is 1. The van der Waals surface area contributed by atoms with E-state index in [0.717, 1.165) is 25.4 Å². The molecule has 26 heavy (non-hydrogen) atoms. The van der Waals surface area contributed by atoms with E-state index in [0.29, 0.717) is 17.2 Å². The third kappa shape index (κ3) is 3.52. The highest BCUT2D eigenvalue weighted by Gasteiger charge is 2.33. The highest BCUT2D eigenvalue weighted by molar-refractivity contribution is 6.02. The number of nitrogens with zero attached hydrogens (tertiary/aromatic N) is 1. The average Bonchev–Trinajstić information content (AvgIpc) is 3.23. The molecule has 136 valence electrons. The summed E-state index contributed by atoms with van der Waals surface area (Å²) in [5.41, 5.74) is 1.32. The molecule has 1 aromatic carbocycles. The number of benzene rings is 1. The van der Waals surface area contributed by atoms with Crippen molar-refractivity contribution in [3.8, 4) is 0 Å². The normalized spacial score (nSPS) is 22.5. The predicted molar refractivity (Wildman–Crippen MR) is 99.1 cm³/mol. The summed E-state index contributed by atoms with van der Waals surface area (Å²) in [6.07, 6.45) is 7.83. The van der Waals surface area contributed by atoms with Gasteiger partial charge in [0.25, 0.3) is 11.8 Å². The van der Waals surface area contributed by atoms with Gasteiger partial charge in [-0.2, -0.15) is 0 Å². The van der Waals surface area contributed by atoms with E-state index in [1.165, 1.54) is 31.9 Å². The minimum Gasteiger partial charge on any atom is -0.459 e. The smallest absolute Gasteiger partial charge is 0.291 e. The van der Waals surface area contributed by atoms with Crippen LogP contribution in [0, 0.1) is 11.8 Å². The number of carbonyl (C=O) groups is 2. The lowest BCUT2D eigenvalue weighted by molar-refractivity contribution is 0.0521. The lowest BCUT2D eigenvalue weighted by Crippen LogP contribution is -2.44. The maximum absolute atomic E-state index is 12.8. The molecule has 0 bridgehead atoms. The van der Waals surface area contributed by atoms with Gasteiger partial charge in [-0.05, 0) is 61.1 Å². The van der Waals surface area contributed by atoms with Crippen molar-refractivity contribution in [3.05, 3.63) is 54.0 Å². The second-order valence-corrected chi connectivity index (χ2v) is 7.35. The van der Waals surface area contributed by atoms with Gasteiger partial charge in [0, 0.05) is 24.3 Å². The van der Waals surface area contributed by atoms with E-state index in [4.69, 9.17) is 4.42 Å². The van der Waals surface area contributed by atoms with Crippen LogP contribution in [-0.2, 0) is 0 Å². The average molecular weight is 352 g/mol. The van der Waals surface area contributed by atoms with Crippen LogP contribution in [0.4, 0.5) is 5.69 Å². The van der Waals surface area contributed by atoms with E-state index in [9.17, 15) is 9.59 Å². The molecule has 2 amide bonds. The highest BCUT2D eigenvalue weighted by atomic mass is 16.3. The van der Waals surface area contributed by atoms with E-state index in [1.54, 1.807) is 36.4 Å². The third-order valence-corrected chi connectivity index (χ3v) is 5.71. The van der Waals surface area contributed by atoms with Crippen LogP contribution in [0.3, 0.4) is 0 Å².